The van der Waals surface area contributed by atoms with Crippen LogP contribution in [0.25, 0.3) is 0 Å². The highest BCUT2D eigenvalue weighted by Crippen LogP contribution is 2.21. The first-order valence-corrected chi connectivity index (χ1v) is 4.34. The van der Waals surface area contributed by atoms with Gasteiger partial charge in [0.25, 0.3) is 0 Å². The Balaban J connectivity index is 2.90. The molecular weight excluding hydrogens is 180 g/mol. The van der Waals surface area contributed by atoms with E-state index in [1.165, 1.54) is 0 Å². The average molecular weight is 194 g/mol. The molecule has 76 valence electrons. The predicted octanol–water partition coefficient (Wildman–Crippen LogP) is 1.05. The lowest BCUT2D eigenvalue weighted by Gasteiger charge is -2.12. The molecule has 4 nitrogen and oxygen atoms in total. The van der Waals surface area contributed by atoms with Gasteiger partial charge in [-0.1, -0.05) is 12.1 Å². The van der Waals surface area contributed by atoms with Crippen molar-refractivity contribution in [3.63, 3.8) is 0 Å². The zero-order valence-electron chi connectivity index (χ0n) is 8.03. The molecule has 0 amide bonds. The van der Waals surface area contributed by atoms with E-state index < -0.39 is 12.0 Å². The maximum atomic E-state index is 10.4. The molecule has 0 aliphatic rings. The number of hydrogen-bond donors (Lipinski definition) is 3. The van der Waals surface area contributed by atoms with Gasteiger partial charge in [-0.2, -0.15) is 0 Å². The second-order valence-electron chi connectivity index (χ2n) is 3.34. The lowest BCUT2D eigenvalue weighted by molar-refractivity contribution is -0.137. The zero-order chi connectivity index (χ0) is 10.7. The molecule has 1 aromatic rings. The first kappa shape index (κ1) is 10.5. The van der Waals surface area contributed by atoms with Crippen molar-refractivity contribution in [3.05, 3.63) is 29.3 Å². The summed E-state index contributed by atoms with van der Waals surface area (Å²) in [5.74, 6) is -0.919. The van der Waals surface area contributed by atoms with Gasteiger partial charge in [0.05, 0.1) is 6.42 Å². The minimum absolute atomic E-state index is 0.104. The number of aliphatic carboxylic acids is 1. The summed E-state index contributed by atoms with van der Waals surface area (Å²) >= 11 is 0. The summed E-state index contributed by atoms with van der Waals surface area (Å²) in [6.45, 7) is 1.92. The van der Waals surface area contributed by atoms with Gasteiger partial charge >= 0.3 is 5.97 Å². The number of aryl methyl sites for hydroxylation is 1. The van der Waals surface area contributed by atoms with Crippen LogP contribution >= 0.6 is 0 Å². The van der Waals surface area contributed by atoms with Crippen molar-refractivity contribution in [3.8, 4) is 0 Å². The highest BCUT2D eigenvalue weighted by atomic mass is 16.4. The summed E-state index contributed by atoms with van der Waals surface area (Å²) in [6, 6.07) is 4.90. The standard InChI is InChI=1S/C10H14N2O2/c1-6-2-3-7(8(11)4-6)9(12)5-10(13)14/h2-4,9H,5,11-12H2,1H3,(H,13,14)/t9-/m1/s1. The number of nitrogen functional groups attached to an aromatic ring is 1. The third-order valence-corrected chi connectivity index (χ3v) is 2.04. The van der Waals surface area contributed by atoms with E-state index in [2.05, 4.69) is 0 Å². The van der Waals surface area contributed by atoms with Gasteiger partial charge in [0, 0.05) is 11.7 Å². The Kier molecular flexibility index (Phi) is 3.09. The van der Waals surface area contributed by atoms with Crippen LogP contribution in [-0.2, 0) is 4.79 Å². The second-order valence-corrected chi connectivity index (χ2v) is 3.34. The van der Waals surface area contributed by atoms with Crippen LogP contribution in [-0.4, -0.2) is 11.1 Å². The van der Waals surface area contributed by atoms with E-state index in [0.717, 1.165) is 5.56 Å². The van der Waals surface area contributed by atoms with Crippen LogP contribution in [0.1, 0.15) is 23.6 Å². The lowest BCUT2D eigenvalue weighted by atomic mass is 10.0. The number of rotatable bonds is 3. The third-order valence-electron chi connectivity index (χ3n) is 2.04. The topological polar surface area (TPSA) is 89.3 Å². The highest BCUT2D eigenvalue weighted by molar-refractivity contribution is 5.68. The van der Waals surface area contributed by atoms with Gasteiger partial charge < -0.3 is 16.6 Å². The Morgan fingerprint density at radius 2 is 2.21 bits per heavy atom. The normalized spacial score (nSPS) is 12.4. The molecule has 0 aliphatic heterocycles. The number of carbonyl (C=O) groups is 1. The number of benzene rings is 1. The molecule has 0 saturated heterocycles. The maximum Gasteiger partial charge on any atom is 0.305 e. The summed E-state index contributed by atoms with van der Waals surface area (Å²) in [4.78, 5) is 10.4. The molecule has 0 aliphatic carbocycles. The molecule has 0 radical (unpaired) electrons. The van der Waals surface area contributed by atoms with Gasteiger partial charge in [0.2, 0.25) is 0 Å². The lowest BCUT2D eigenvalue weighted by Crippen LogP contribution is -2.16. The SMILES string of the molecule is Cc1ccc([C@H](N)CC(=O)O)c(N)c1. The molecule has 0 aromatic heterocycles. The third kappa shape index (κ3) is 2.47. The molecule has 5 N–H and O–H groups in total. The van der Waals surface area contributed by atoms with Crippen molar-refractivity contribution in [2.24, 2.45) is 5.73 Å². The van der Waals surface area contributed by atoms with Crippen molar-refractivity contribution in [2.45, 2.75) is 19.4 Å². The molecule has 0 spiro atoms. The first-order valence-electron chi connectivity index (χ1n) is 4.34. The fourth-order valence-electron chi connectivity index (χ4n) is 1.33. The Morgan fingerprint density at radius 3 is 2.71 bits per heavy atom. The van der Waals surface area contributed by atoms with Crippen LogP contribution in [0.2, 0.25) is 0 Å². The minimum Gasteiger partial charge on any atom is -0.481 e. The molecule has 0 fully saturated rings. The molecule has 1 aromatic carbocycles. The molecule has 14 heavy (non-hydrogen) atoms. The number of hydrogen-bond acceptors (Lipinski definition) is 3. The second kappa shape index (κ2) is 4.11. The maximum absolute atomic E-state index is 10.4. The molecule has 0 unspecified atom stereocenters. The molecule has 0 saturated carbocycles. The zero-order valence-corrected chi connectivity index (χ0v) is 8.03. The van der Waals surface area contributed by atoms with Crippen molar-refractivity contribution >= 4 is 11.7 Å². The summed E-state index contributed by atoms with van der Waals surface area (Å²) in [5.41, 5.74) is 13.7. The monoisotopic (exact) mass is 194 g/mol. The van der Waals surface area contributed by atoms with Crippen LogP contribution in [0.5, 0.6) is 0 Å². The number of carboxylic acid groups (broad SMARTS) is 1. The highest BCUT2D eigenvalue weighted by Gasteiger charge is 2.12. The van der Waals surface area contributed by atoms with E-state index in [9.17, 15) is 4.79 Å². The van der Waals surface area contributed by atoms with Gasteiger partial charge in [-0.05, 0) is 24.1 Å². The average Bonchev–Trinajstić information content (AvgIpc) is 2.01. The van der Waals surface area contributed by atoms with Crippen molar-refractivity contribution in [1.29, 1.82) is 0 Å². The van der Waals surface area contributed by atoms with E-state index in [0.29, 0.717) is 11.3 Å². The molecule has 1 atom stereocenters. The molecule has 4 heteroatoms. The van der Waals surface area contributed by atoms with Crippen LogP contribution in [0, 0.1) is 6.92 Å². The Labute approximate surface area is 82.5 Å². The summed E-state index contributed by atoms with van der Waals surface area (Å²) < 4.78 is 0. The van der Waals surface area contributed by atoms with Crippen molar-refractivity contribution in [2.75, 3.05) is 5.73 Å². The van der Waals surface area contributed by atoms with E-state index >= 15 is 0 Å². The Hall–Kier alpha value is -1.55. The number of anilines is 1. The van der Waals surface area contributed by atoms with Gasteiger partial charge in [0.15, 0.2) is 0 Å². The quantitative estimate of drug-likeness (QED) is 0.627. The van der Waals surface area contributed by atoms with E-state index in [1.807, 2.05) is 13.0 Å². The Morgan fingerprint density at radius 1 is 1.57 bits per heavy atom. The van der Waals surface area contributed by atoms with Crippen LogP contribution in [0.15, 0.2) is 18.2 Å². The first-order chi connectivity index (χ1) is 6.50. The predicted molar refractivity (Wildman–Crippen MR) is 54.8 cm³/mol. The molecule has 1 rings (SSSR count). The van der Waals surface area contributed by atoms with Gasteiger partial charge in [-0.25, -0.2) is 0 Å². The summed E-state index contributed by atoms with van der Waals surface area (Å²) in [6.07, 6.45) is -0.104. The fourth-order valence-corrected chi connectivity index (χ4v) is 1.33. The van der Waals surface area contributed by atoms with E-state index in [4.69, 9.17) is 16.6 Å². The Bertz CT molecular complexity index is 350. The van der Waals surface area contributed by atoms with Gasteiger partial charge in [-0.15, -0.1) is 0 Å². The number of carboxylic acids is 1. The molecule has 0 bridgehead atoms. The van der Waals surface area contributed by atoms with Crippen LogP contribution < -0.4 is 11.5 Å². The van der Waals surface area contributed by atoms with Gasteiger partial charge in [0.1, 0.15) is 0 Å². The summed E-state index contributed by atoms with van der Waals surface area (Å²) in [7, 11) is 0. The largest absolute Gasteiger partial charge is 0.481 e. The smallest absolute Gasteiger partial charge is 0.305 e. The molecule has 0 heterocycles. The van der Waals surface area contributed by atoms with Crippen LogP contribution in [0.4, 0.5) is 5.69 Å². The molecular formula is C10H14N2O2. The van der Waals surface area contributed by atoms with E-state index in [1.54, 1.807) is 12.1 Å². The summed E-state index contributed by atoms with van der Waals surface area (Å²) in [5, 5.41) is 8.57. The van der Waals surface area contributed by atoms with Crippen molar-refractivity contribution < 1.29 is 9.90 Å². The van der Waals surface area contributed by atoms with Crippen LogP contribution in [0.3, 0.4) is 0 Å². The van der Waals surface area contributed by atoms with Crippen molar-refractivity contribution in [1.82, 2.24) is 0 Å². The fraction of sp³-hybridized carbons (Fsp3) is 0.300. The minimum atomic E-state index is -0.919. The van der Waals surface area contributed by atoms with E-state index in [-0.39, 0.29) is 6.42 Å². The van der Waals surface area contributed by atoms with Gasteiger partial charge in [-0.3, -0.25) is 4.79 Å². The number of nitrogens with two attached hydrogens (primary N) is 2.